The van der Waals surface area contributed by atoms with Crippen LogP contribution in [0, 0.1) is 0 Å². The van der Waals surface area contributed by atoms with Crippen molar-refractivity contribution in [2.75, 3.05) is 4.90 Å². The third kappa shape index (κ3) is 4.78. The zero-order valence-corrected chi connectivity index (χ0v) is 31.9. The molecule has 0 N–H and O–H groups in total. The standard InChI is InChI=1S/C55H35NS/c1-2-13-36(14-3-1)39-27-28-41-34-42(30-29-40(41)33-39)56(51-25-12-16-37-15-4-5-19-44(37)51)43-31-32-49-53(35-43)57-52-26-9-8-23-48(52)55(49)47-22-7-6-20-45(47)46-21-10-17-38-18-11-24-50(55)54(38)46/h1-35H. The summed E-state index contributed by atoms with van der Waals surface area (Å²) >= 11 is 1.90. The molecule has 0 fully saturated rings. The Morgan fingerprint density at radius 2 is 0.982 bits per heavy atom. The molecule has 0 saturated carbocycles. The fourth-order valence-electron chi connectivity index (χ4n) is 9.83. The lowest BCUT2D eigenvalue weighted by molar-refractivity contribution is 0.707. The largest absolute Gasteiger partial charge is 0.310 e. The molecule has 10 aromatic carbocycles. The number of hydrogen-bond acceptors (Lipinski definition) is 2. The first-order valence-corrected chi connectivity index (χ1v) is 20.5. The first kappa shape index (κ1) is 32.4. The van der Waals surface area contributed by atoms with E-state index in [1.54, 1.807) is 0 Å². The number of rotatable bonds is 4. The highest BCUT2D eigenvalue weighted by molar-refractivity contribution is 7.99. The molecule has 1 aliphatic carbocycles. The van der Waals surface area contributed by atoms with Gasteiger partial charge in [0, 0.05) is 26.6 Å². The molecule has 12 rings (SSSR count). The molecule has 0 radical (unpaired) electrons. The minimum absolute atomic E-state index is 0.482. The SMILES string of the molecule is c1ccc(-c2ccc3cc(N(c4ccc5c(c4)Sc4ccccc4C54c5ccccc5-c5cccc6cccc4c56)c4cccc5ccccc45)ccc3c2)cc1. The van der Waals surface area contributed by atoms with Gasteiger partial charge in [0.1, 0.15) is 0 Å². The Bertz CT molecular complexity index is 3230. The van der Waals surface area contributed by atoms with Crippen molar-refractivity contribution in [3.63, 3.8) is 0 Å². The molecule has 1 aliphatic heterocycles. The second kappa shape index (κ2) is 12.6. The van der Waals surface area contributed by atoms with Gasteiger partial charge < -0.3 is 4.90 Å². The summed E-state index contributed by atoms with van der Waals surface area (Å²) in [5.41, 5.74) is 13.4. The van der Waals surface area contributed by atoms with E-state index in [1.807, 2.05) is 11.8 Å². The van der Waals surface area contributed by atoms with E-state index >= 15 is 0 Å². The number of anilines is 3. The maximum Gasteiger partial charge on any atom is 0.0735 e. The quantitative estimate of drug-likeness (QED) is 0.177. The average Bonchev–Trinajstić information content (AvgIpc) is 3.28. The Balaban J connectivity index is 1.10. The lowest BCUT2D eigenvalue weighted by Gasteiger charge is -2.46. The van der Waals surface area contributed by atoms with Crippen molar-refractivity contribution in [3.05, 3.63) is 235 Å². The number of benzene rings is 10. The van der Waals surface area contributed by atoms with Crippen LogP contribution in [0.4, 0.5) is 17.1 Å². The lowest BCUT2D eigenvalue weighted by Crippen LogP contribution is -2.36. The number of fused-ring (bicyclic) bond motifs is 10. The third-order valence-electron chi connectivity index (χ3n) is 12.3. The normalized spacial score (nSPS) is 15.0. The van der Waals surface area contributed by atoms with E-state index in [-0.39, 0.29) is 0 Å². The van der Waals surface area contributed by atoms with Gasteiger partial charge in [-0.05, 0) is 114 Å². The Labute approximate surface area is 336 Å². The molecule has 2 aliphatic rings. The topological polar surface area (TPSA) is 3.24 Å². The predicted molar refractivity (Wildman–Crippen MR) is 241 cm³/mol. The van der Waals surface area contributed by atoms with Crippen molar-refractivity contribution in [2.24, 2.45) is 0 Å². The van der Waals surface area contributed by atoms with Crippen molar-refractivity contribution >= 4 is 61.1 Å². The van der Waals surface area contributed by atoms with E-state index in [4.69, 9.17) is 0 Å². The molecular formula is C55H35NS. The summed E-state index contributed by atoms with van der Waals surface area (Å²) < 4.78 is 0. The molecular weight excluding hydrogens is 707 g/mol. The molecule has 1 atom stereocenters. The molecule has 1 nitrogen and oxygen atoms in total. The van der Waals surface area contributed by atoms with E-state index in [0.717, 1.165) is 17.1 Å². The highest BCUT2D eigenvalue weighted by atomic mass is 32.2. The van der Waals surface area contributed by atoms with Crippen LogP contribution >= 0.6 is 11.8 Å². The van der Waals surface area contributed by atoms with Crippen LogP contribution in [0.15, 0.2) is 222 Å². The molecule has 0 amide bonds. The van der Waals surface area contributed by atoms with Gasteiger partial charge in [0.2, 0.25) is 0 Å². The van der Waals surface area contributed by atoms with Crippen molar-refractivity contribution in [2.45, 2.75) is 15.2 Å². The van der Waals surface area contributed by atoms with Crippen LogP contribution in [0.3, 0.4) is 0 Å². The summed E-state index contributed by atoms with van der Waals surface area (Å²) in [6.07, 6.45) is 0. The van der Waals surface area contributed by atoms with Gasteiger partial charge >= 0.3 is 0 Å². The van der Waals surface area contributed by atoms with Gasteiger partial charge in [-0.25, -0.2) is 0 Å². The van der Waals surface area contributed by atoms with Crippen LogP contribution in [0.5, 0.6) is 0 Å². The maximum atomic E-state index is 2.46. The molecule has 1 spiro atoms. The van der Waals surface area contributed by atoms with Crippen LogP contribution in [0.2, 0.25) is 0 Å². The molecule has 0 aromatic heterocycles. The van der Waals surface area contributed by atoms with Gasteiger partial charge in [-0.15, -0.1) is 0 Å². The lowest BCUT2D eigenvalue weighted by atomic mass is 9.59. The molecule has 266 valence electrons. The van der Waals surface area contributed by atoms with E-state index < -0.39 is 5.41 Å². The molecule has 57 heavy (non-hydrogen) atoms. The monoisotopic (exact) mass is 741 g/mol. The van der Waals surface area contributed by atoms with Gasteiger partial charge in [-0.1, -0.05) is 182 Å². The predicted octanol–water partition coefficient (Wildman–Crippen LogP) is 15.1. The molecule has 0 saturated heterocycles. The van der Waals surface area contributed by atoms with E-state index in [0.29, 0.717) is 0 Å². The average molecular weight is 742 g/mol. The number of hydrogen-bond donors (Lipinski definition) is 0. The van der Waals surface area contributed by atoms with Crippen molar-refractivity contribution in [1.29, 1.82) is 0 Å². The molecule has 0 bridgehead atoms. The maximum absolute atomic E-state index is 2.46. The highest BCUT2D eigenvalue weighted by Gasteiger charge is 2.48. The Kier molecular flexibility index (Phi) is 7.14. The van der Waals surface area contributed by atoms with Gasteiger partial charge in [-0.2, -0.15) is 0 Å². The fraction of sp³-hybridized carbons (Fsp3) is 0.0182. The van der Waals surface area contributed by atoms with E-state index in [9.17, 15) is 0 Å². The molecule has 1 heterocycles. The van der Waals surface area contributed by atoms with Gasteiger partial charge in [0.25, 0.3) is 0 Å². The minimum Gasteiger partial charge on any atom is -0.310 e. The Morgan fingerprint density at radius 1 is 0.351 bits per heavy atom. The van der Waals surface area contributed by atoms with E-state index in [1.165, 1.54) is 86.6 Å². The first-order chi connectivity index (χ1) is 28.3. The van der Waals surface area contributed by atoms with E-state index in [2.05, 4.69) is 217 Å². The molecule has 2 heteroatoms. The van der Waals surface area contributed by atoms with Crippen LogP contribution in [-0.4, -0.2) is 0 Å². The Hall–Kier alpha value is -6.87. The summed E-state index contributed by atoms with van der Waals surface area (Å²) in [6.45, 7) is 0. The van der Waals surface area contributed by atoms with Crippen LogP contribution < -0.4 is 4.90 Å². The summed E-state index contributed by atoms with van der Waals surface area (Å²) in [7, 11) is 0. The summed E-state index contributed by atoms with van der Waals surface area (Å²) in [4.78, 5) is 5.03. The minimum atomic E-state index is -0.482. The zero-order chi connectivity index (χ0) is 37.5. The van der Waals surface area contributed by atoms with Crippen molar-refractivity contribution in [3.8, 4) is 22.3 Å². The number of nitrogens with zero attached hydrogens (tertiary/aromatic N) is 1. The molecule has 1 unspecified atom stereocenters. The summed E-state index contributed by atoms with van der Waals surface area (Å²) in [5.74, 6) is 0. The van der Waals surface area contributed by atoms with Gasteiger partial charge in [-0.3, -0.25) is 0 Å². The van der Waals surface area contributed by atoms with Crippen LogP contribution in [-0.2, 0) is 5.41 Å². The van der Waals surface area contributed by atoms with Gasteiger partial charge in [0.05, 0.1) is 11.1 Å². The Morgan fingerprint density at radius 3 is 1.91 bits per heavy atom. The van der Waals surface area contributed by atoms with Crippen LogP contribution in [0.1, 0.15) is 22.3 Å². The first-order valence-electron chi connectivity index (χ1n) is 19.7. The third-order valence-corrected chi connectivity index (χ3v) is 13.4. The molecule has 10 aromatic rings. The van der Waals surface area contributed by atoms with Crippen molar-refractivity contribution < 1.29 is 0 Å². The second-order valence-corrected chi connectivity index (χ2v) is 16.3. The smallest absolute Gasteiger partial charge is 0.0735 e. The summed E-state index contributed by atoms with van der Waals surface area (Å²) in [5, 5.41) is 7.50. The van der Waals surface area contributed by atoms with Crippen LogP contribution in [0.25, 0.3) is 54.6 Å². The fourth-order valence-corrected chi connectivity index (χ4v) is 11.1. The highest BCUT2D eigenvalue weighted by Crippen LogP contribution is 2.61. The van der Waals surface area contributed by atoms with Gasteiger partial charge in [0.15, 0.2) is 0 Å². The summed E-state index contributed by atoms with van der Waals surface area (Å²) in [6, 6.07) is 78.9. The zero-order valence-electron chi connectivity index (χ0n) is 31.1. The van der Waals surface area contributed by atoms with Crippen molar-refractivity contribution in [1.82, 2.24) is 0 Å². The second-order valence-electron chi connectivity index (χ2n) is 15.2.